The SMILES string of the molecule is CC(C)(C)OC(=O)N1CCC2(CCN(c3cncc(Cl)n3)C2)C1. The van der Waals surface area contributed by atoms with E-state index < -0.39 is 5.60 Å². The Morgan fingerprint density at radius 1 is 1.26 bits per heavy atom. The molecular weight excluding hydrogens is 316 g/mol. The van der Waals surface area contributed by atoms with Gasteiger partial charge in [-0.2, -0.15) is 0 Å². The summed E-state index contributed by atoms with van der Waals surface area (Å²) in [6, 6.07) is 0. The van der Waals surface area contributed by atoms with Crippen molar-refractivity contribution in [1.29, 1.82) is 0 Å². The minimum atomic E-state index is -0.453. The van der Waals surface area contributed by atoms with Crippen molar-refractivity contribution in [2.75, 3.05) is 31.1 Å². The van der Waals surface area contributed by atoms with Crippen LogP contribution in [-0.2, 0) is 4.74 Å². The first kappa shape index (κ1) is 16.3. The van der Waals surface area contributed by atoms with E-state index in [0.717, 1.165) is 44.8 Å². The van der Waals surface area contributed by atoms with E-state index in [-0.39, 0.29) is 11.5 Å². The van der Waals surface area contributed by atoms with E-state index in [0.29, 0.717) is 5.15 Å². The van der Waals surface area contributed by atoms with E-state index in [4.69, 9.17) is 16.3 Å². The van der Waals surface area contributed by atoms with E-state index in [1.807, 2.05) is 25.7 Å². The van der Waals surface area contributed by atoms with Crippen LogP contribution in [0.15, 0.2) is 12.4 Å². The van der Waals surface area contributed by atoms with E-state index in [1.54, 1.807) is 6.20 Å². The average molecular weight is 339 g/mol. The van der Waals surface area contributed by atoms with Gasteiger partial charge in [0.2, 0.25) is 0 Å². The number of aromatic nitrogens is 2. The Hall–Kier alpha value is -1.56. The smallest absolute Gasteiger partial charge is 0.410 e. The Morgan fingerprint density at radius 2 is 2.00 bits per heavy atom. The molecule has 2 aliphatic rings. The number of hydrogen-bond donors (Lipinski definition) is 0. The largest absolute Gasteiger partial charge is 0.444 e. The van der Waals surface area contributed by atoms with Crippen LogP contribution in [0.3, 0.4) is 0 Å². The number of carbonyl (C=O) groups is 1. The second kappa shape index (κ2) is 5.82. The van der Waals surface area contributed by atoms with Gasteiger partial charge in [-0.05, 0) is 33.6 Å². The van der Waals surface area contributed by atoms with Gasteiger partial charge in [0.1, 0.15) is 16.6 Å². The van der Waals surface area contributed by atoms with Gasteiger partial charge in [0.15, 0.2) is 0 Å². The van der Waals surface area contributed by atoms with Crippen molar-refractivity contribution >= 4 is 23.5 Å². The second-order valence-electron chi connectivity index (χ2n) is 7.52. The lowest BCUT2D eigenvalue weighted by Gasteiger charge is -2.27. The molecule has 2 saturated heterocycles. The van der Waals surface area contributed by atoms with Gasteiger partial charge in [-0.1, -0.05) is 11.6 Å². The molecule has 2 fully saturated rings. The molecule has 0 radical (unpaired) electrons. The summed E-state index contributed by atoms with van der Waals surface area (Å²) < 4.78 is 5.49. The van der Waals surface area contributed by atoms with Crippen molar-refractivity contribution in [1.82, 2.24) is 14.9 Å². The predicted octanol–water partition coefficient (Wildman–Crippen LogP) is 2.97. The fraction of sp³-hybridized carbons (Fsp3) is 0.688. The third-order valence-electron chi connectivity index (χ3n) is 4.44. The molecule has 1 unspecified atom stereocenters. The van der Waals surface area contributed by atoms with E-state index in [2.05, 4.69) is 14.9 Å². The standard InChI is InChI=1S/C16H23ClN4O2/c1-15(2,3)23-14(22)21-7-5-16(11-21)4-6-20(10-16)13-9-18-8-12(17)19-13/h8-9H,4-7,10-11H2,1-3H3. The third-order valence-corrected chi connectivity index (χ3v) is 4.63. The van der Waals surface area contributed by atoms with Crippen molar-refractivity contribution in [2.24, 2.45) is 5.41 Å². The lowest BCUT2D eigenvalue weighted by molar-refractivity contribution is 0.0276. The maximum atomic E-state index is 12.2. The highest BCUT2D eigenvalue weighted by atomic mass is 35.5. The van der Waals surface area contributed by atoms with Crippen LogP contribution in [-0.4, -0.2) is 52.7 Å². The number of likely N-dealkylation sites (tertiary alicyclic amines) is 1. The Bertz CT molecular complexity index is 604. The van der Waals surface area contributed by atoms with Crippen molar-refractivity contribution in [3.63, 3.8) is 0 Å². The lowest BCUT2D eigenvalue weighted by Crippen LogP contribution is -2.37. The first-order valence-electron chi connectivity index (χ1n) is 7.97. The van der Waals surface area contributed by atoms with E-state index in [1.165, 1.54) is 6.20 Å². The Morgan fingerprint density at radius 3 is 2.70 bits per heavy atom. The van der Waals surface area contributed by atoms with Crippen LogP contribution in [0.1, 0.15) is 33.6 Å². The van der Waals surface area contributed by atoms with Gasteiger partial charge < -0.3 is 14.5 Å². The molecule has 0 N–H and O–H groups in total. The fourth-order valence-electron chi connectivity index (χ4n) is 3.37. The molecule has 126 valence electrons. The number of nitrogens with zero attached hydrogens (tertiary/aromatic N) is 4. The molecule has 1 aromatic heterocycles. The molecule has 0 aromatic carbocycles. The summed E-state index contributed by atoms with van der Waals surface area (Å²) in [5.41, 5.74) is -0.328. The molecular formula is C16H23ClN4O2. The Balaban J connectivity index is 1.63. The maximum absolute atomic E-state index is 12.2. The maximum Gasteiger partial charge on any atom is 0.410 e. The molecule has 0 aliphatic carbocycles. The first-order chi connectivity index (χ1) is 10.8. The Labute approximate surface area is 141 Å². The average Bonchev–Trinajstić information content (AvgIpc) is 3.05. The zero-order valence-corrected chi connectivity index (χ0v) is 14.6. The highest BCUT2D eigenvalue weighted by Crippen LogP contribution is 2.41. The number of halogens is 1. The second-order valence-corrected chi connectivity index (χ2v) is 7.91. The minimum Gasteiger partial charge on any atom is -0.444 e. The van der Waals surface area contributed by atoms with Crippen LogP contribution < -0.4 is 4.90 Å². The zero-order valence-electron chi connectivity index (χ0n) is 13.9. The summed E-state index contributed by atoms with van der Waals surface area (Å²) in [4.78, 5) is 24.7. The normalized spacial score (nSPS) is 24.5. The summed E-state index contributed by atoms with van der Waals surface area (Å²) in [5.74, 6) is 0.810. The van der Waals surface area contributed by atoms with Crippen LogP contribution in [0.4, 0.5) is 10.6 Å². The van der Waals surface area contributed by atoms with Crippen LogP contribution in [0.2, 0.25) is 5.15 Å². The van der Waals surface area contributed by atoms with Gasteiger partial charge in [0.05, 0.1) is 12.4 Å². The third kappa shape index (κ3) is 3.68. The van der Waals surface area contributed by atoms with Gasteiger partial charge in [-0.15, -0.1) is 0 Å². The monoisotopic (exact) mass is 338 g/mol. The van der Waals surface area contributed by atoms with Crippen molar-refractivity contribution in [3.8, 4) is 0 Å². The zero-order chi connectivity index (χ0) is 16.7. The number of amides is 1. The molecule has 1 aromatic rings. The molecule has 0 bridgehead atoms. The van der Waals surface area contributed by atoms with Crippen LogP contribution >= 0.6 is 11.6 Å². The molecule has 3 rings (SSSR count). The number of carbonyl (C=O) groups excluding carboxylic acids is 1. The van der Waals surface area contributed by atoms with Crippen LogP contribution in [0, 0.1) is 5.41 Å². The van der Waals surface area contributed by atoms with Gasteiger partial charge in [0.25, 0.3) is 0 Å². The molecule has 3 heterocycles. The summed E-state index contributed by atoms with van der Waals surface area (Å²) in [5, 5.41) is 0.408. The van der Waals surface area contributed by atoms with Crippen molar-refractivity contribution in [2.45, 2.75) is 39.2 Å². The molecule has 1 amide bonds. The van der Waals surface area contributed by atoms with Gasteiger partial charge >= 0.3 is 6.09 Å². The van der Waals surface area contributed by atoms with Gasteiger partial charge in [0, 0.05) is 31.6 Å². The molecule has 1 atom stereocenters. The van der Waals surface area contributed by atoms with Gasteiger partial charge in [-0.3, -0.25) is 4.98 Å². The van der Waals surface area contributed by atoms with Crippen LogP contribution in [0.5, 0.6) is 0 Å². The summed E-state index contributed by atoms with van der Waals surface area (Å²) in [7, 11) is 0. The van der Waals surface area contributed by atoms with Crippen LogP contribution in [0.25, 0.3) is 0 Å². The molecule has 7 heteroatoms. The highest BCUT2D eigenvalue weighted by molar-refractivity contribution is 6.29. The summed E-state index contributed by atoms with van der Waals surface area (Å²) in [6.45, 7) is 8.97. The highest BCUT2D eigenvalue weighted by Gasteiger charge is 2.46. The molecule has 23 heavy (non-hydrogen) atoms. The van der Waals surface area contributed by atoms with Crippen molar-refractivity contribution in [3.05, 3.63) is 17.5 Å². The molecule has 1 spiro atoms. The number of anilines is 1. The summed E-state index contributed by atoms with van der Waals surface area (Å²) >= 11 is 5.93. The quantitative estimate of drug-likeness (QED) is 0.788. The number of hydrogen-bond acceptors (Lipinski definition) is 5. The van der Waals surface area contributed by atoms with Crippen molar-refractivity contribution < 1.29 is 9.53 Å². The fourth-order valence-corrected chi connectivity index (χ4v) is 3.51. The minimum absolute atomic E-state index is 0.126. The molecule has 2 aliphatic heterocycles. The van der Waals surface area contributed by atoms with Gasteiger partial charge in [-0.25, -0.2) is 9.78 Å². The predicted molar refractivity (Wildman–Crippen MR) is 88.7 cm³/mol. The molecule has 0 saturated carbocycles. The topological polar surface area (TPSA) is 58.6 Å². The van der Waals surface area contributed by atoms with E-state index >= 15 is 0 Å². The van der Waals surface area contributed by atoms with E-state index in [9.17, 15) is 4.79 Å². The number of rotatable bonds is 1. The number of ether oxygens (including phenoxy) is 1. The Kier molecular flexibility index (Phi) is 4.12. The first-order valence-corrected chi connectivity index (χ1v) is 8.35. The summed E-state index contributed by atoms with van der Waals surface area (Å²) in [6.07, 6.45) is 5.11. The lowest BCUT2D eigenvalue weighted by atomic mass is 9.86. The molecule has 6 nitrogen and oxygen atoms in total.